The monoisotopic (exact) mass is 235 g/mol. The maximum Gasteiger partial charge on any atom is 0.266 e. The van der Waals surface area contributed by atoms with Crippen LogP contribution in [0, 0.1) is 0 Å². The fourth-order valence-corrected chi connectivity index (χ4v) is 1.76. The van der Waals surface area contributed by atoms with Gasteiger partial charge in [0.25, 0.3) is 5.91 Å². The first kappa shape index (κ1) is 14.2. The van der Waals surface area contributed by atoms with Crippen LogP contribution >= 0.6 is 0 Å². The maximum absolute atomic E-state index is 10.9. The Kier molecular flexibility index (Phi) is 8.04. The fourth-order valence-electron chi connectivity index (χ4n) is 1.76. The van der Waals surface area contributed by atoms with Crippen LogP contribution < -0.4 is 22.6 Å². The molecule has 6 heteroatoms. The molecule has 1 fully saturated rings. The molecule has 1 saturated heterocycles. The largest absolute Gasteiger partial charge is 1.00 e. The summed E-state index contributed by atoms with van der Waals surface area (Å²) < 4.78 is 0. The Hall–Kier alpha value is -0.810. The number of nitrogens with one attached hydrogen (secondary N) is 2. The van der Waals surface area contributed by atoms with Gasteiger partial charge in [-0.15, -0.1) is 0 Å². The number of halogens is 1. The van der Waals surface area contributed by atoms with E-state index < -0.39 is 0 Å². The van der Waals surface area contributed by atoms with E-state index in [-0.39, 0.29) is 18.3 Å². The van der Waals surface area contributed by atoms with Crippen molar-refractivity contribution in [2.75, 3.05) is 26.2 Å². The molecule has 1 heterocycles. The molecule has 0 aliphatic carbocycles. The highest BCUT2D eigenvalue weighted by atomic mass is 35.5. The van der Waals surface area contributed by atoms with E-state index in [0.717, 1.165) is 12.8 Å². The lowest BCUT2D eigenvalue weighted by Crippen LogP contribution is -3.13. The Bertz CT molecular complexity index is 206. The molecule has 0 aromatic rings. The predicted octanol–water partition coefficient (Wildman–Crippen LogP) is -4.36. The molecule has 3 N–H and O–H groups in total. The minimum Gasteiger partial charge on any atom is -1.00 e. The van der Waals surface area contributed by atoms with Gasteiger partial charge in [0, 0.05) is 0 Å². The predicted molar refractivity (Wildman–Crippen MR) is 52.7 cm³/mol. The van der Waals surface area contributed by atoms with E-state index in [1.165, 1.54) is 32.4 Å². The molecule has 0 aromatic carbocycles. The van der Waals surface area contributed by atoms with E-state index in [1.807, 2.05) is 0 Å². The van der Waals surface area contributed by atoms with Crippen molar-refractivity contribution >= 4 is 12.1 Å². The summed E-state index contributed by atoms with van der Waals surface area (Å²) in [6, 6.07) is 0. The molecular formula is C9H18ClN3O2. The number of amides is 1. The Morgan fingerprint density at radius 1 is 1.40 bits per heavy atom. The quantitative estimate of drug-likeness (QED) is 0.262. The van der Waals surface area contributed by atoms with Gasteiger partial charge >= 0.3 is 0 Å². The first-order valence-electron chi connectivity index (χ1n) is 5.12. The molecule has 0 unspecified atom stereocenters. The SMILES string of the molecule is O=C(/C=N/O)NCC[NH+]1CCCCC1.[Cl-]. The highest BCUT2D eigenvalue weighted by Crippen LogP contribution is 1.93. The van der Waals surface area contributed by atoms with Crippen LogP contribution in [0.4, 0.5) is 0 Å². The molecule has 5 nitrogen and oxygen atoms in total. The van der Waals surface area contributed by atoms with Crippen molar-refractivity contribution in [3.63, 3.8) is 0 Å². The van der Waals surface area contributed by atoms with Crippen molar-refractivity contribution < 1.29 is 27.3 Å². The molecule has 0 bridgehead atoms. The van der Waals surface area contributed by atoms with Crippen molar-refractivity contribution in [2.24, 2.45) is 5.16 Å². The molecule has 15 heavy (non-hydrogen) atoms. The standard InChI is InChI=1S/C9H17N3O2.ClH/c13-9(8-11-14)10-4-7-12-5-2-1-3-6-12;/h8,14H,1-7H2,(H,10,13);1H/b11-8+;. The maximum atomic E-state index is 10.9. The highest BCUT2D eigenvalue weighted by Gasteiger charge is 2.12. The fraction of sp³-hybridized carbons (Fsp3) is 0.778. The summed E-state index contributed by atoms with van der Waals surface area (Å²) in [4.78, 5) is 12.4. The van der Waals surface area contributed by atoms with Gasteiger partial charge in [-0.25, -0.2) is 0 Å². The zero-order valence-electron chi connectivity index (χ0n) is 8.71. The van der Waals surface area contributed by atoms with Crippen LogP contribution in [-0.2, 0) is 4.79 Å². The molecule has 1 amide bonds. The van der Waals surface area contributed by atoms with Crippen molar-refractivity contribution in [1.29, 1.82) is 0 Å². The summed E-state index contributed by atoms with van der Waals surface area (Å²) in [5.74, 6) is -0.330. The number of rotatable bonds is 4. The van der Waals surface area contributed by atoms with Gasteiger partial charge in [0.15, 0.2) is 0 Å². The van der Waals surface area contributed by atoms with Gasteiger partial charge in [0.05, 0.1) is 26.2 Å². The van der Waals surface area contributed by atoms with Crippen molar-refractivity contribution in [3.05, 3.63) is 0 Å². The van der Waals surface area contributed by atoms with Gasteiger partial charge in [0.1, 0.15) is 6.21 Å². The zero-order chi connectivity index (χ0) is 10.2. The summed E-state index contributed by atoms with van der Waals surface area (Å²) in [5, 5.41) is 13.4. The smallest absolute Gasteiger partial charge is 0.266 e. The van der Waals surface area contributed by atoms with Crippen LogP contribution in [0.1, 0.15) is 19.3 Å². The summed E-state index contributed by atoms with van der Waals surface area (Å²) in [7, 11) is 0. The lowest BCUT2D eigenvalue weighted by molar-refractivity contribution is -0.903. The molecule has 0 spiro atoms. The van der Waals surface area contributed by atoms with E-state index in [2.05, 4.69) is 10.5 Å². The molecule has 0 radical (unpaired) electrons. The normalized spacial score (nSPS) is 17.3. The molecular weight excluding hydrogens is 218 g/mol. The number of nitrogens with zero attached hydrogens (tertiary/aromatic N) is 1. The minimum absolute atomic E-state index is 0. The molecule has 0 saturated carbocycles. The average Bonchev–Trinajstić information content (AvgIpc) is 2.20. The van der Waals surface area contributed by atoms with Crippen LogP contribution in [0.3, 0.4) is 0 Å². The number of carbonyl (C=O) groups is 1. The topological polar surface area (TPSA) is 66.1 Å². The third kappa shape index (κ3) is 6.30. The van der Waals surface area contributed by atoms with Crippen molar-refractivity contribution in [3.8, 4) is 0 Å². The average molecular weight is 236 g/mol. The van der Waals surface area contributed by atoms with Crippen LogP contribution in [0.2, 0.25) is 0 Å². The minimum atomic E-state index is -0.330. The Morgan fingerprint density at radius 3 is 2.67 bits per heavy atom. The van der Waals surface area contributed by atoms with Gasteiger partial charge in [-0.3, -0.25) is 4.79 Å². The number of piperidine rings is 1. The number of quaternary nitrogens is 1. The van der Waals surface area contributed by atoms with Crippen LogP contribution in [0.15, 0.2) is 5.16 Å². The summed E-state index contributed by atoms with van der Waals surface area (Å²) in [6.45, 7) is 4.04. The van der Waals surface area contributed by atoms with Crippen LogP contribution in [0.25, 0.3) is 0 Å². The summed E-state index contributed by atoms with van der Waals surface area (Å²) in [5.41, 5.74) is 0. The third-order valence-electron chi connectivity index (χ3n) is 2.51. The van der Waals surface area contributed by atoms with E-state index >= 15 is 0 Å². The molecule has 0 atom stereocenters. The van der Waals surface area contributed by atoms with Crippen LogP contribution in [-0.4, -0.2) is 43.5 Å². The van der Waals surface area contributed by atoms with E-state index in [9.17, 15) is 4.79 Å². The highest BCUT2D eigenvalue weighted by molar-refractivity contribution is 6.25. The van der Waals surface area contributed by atoms with E-state index in [0.29, 0.717) is 6.54 Å². The van der Waals surface area contributed by atoms with E-state index in [4.69, 9.17) is 5.21 Å². The second kappa shape index (κ2) is 8.49. The Labute approximate surface area is 95.9 Å². The van der Waals surface area contributed by atoms with Gasteiger partial charge in [0.2, 0.25) is 0 Å². The number of likely N-dealkylation sites (tertiary alicyclic amines) is 1. The van der Waals surface area contributed by atoms with Gasteiger partial charge in [-0.05, 0) is 19.3 Å². The Balaban J connectivity index is 0.00000196. The first-order chi connectivity index (χ1) is 6.83. The zero-order valence-corrected chi connectivity index (χ0v) is 9.46. The van der Waals surface area contributed by atoms with Gasteiger partial charge in [-0.2, -0.15) is 0 Å². The van der Waals surface area contributed by atoms with Crippen molar-refractivity contribution in [1.82, 2.24) is 5.32 Å². The van der Waals surface area contributed by atoms with Gasteiger partial charge < -0.3 is 27.8 Å². The molecule has 1 rings (SSSR count). The van der Waals surface area contributed by atoms with Gasteiger partial charge in [-0.1, -0.05) is 5.16 Å². The second-order valence-corrected chi connectivity index (χ2v) is 3.60. The lowest BCUT2D eigenvalue weighted by atomic mass is 10.1. The first-order valence-corrected chi connectivity index (χ1v) is 5.12. The molecule has 1 aliphatic rings. The second-order valence-electron chi connectivity index (χ2n) is 3.60. The molecule has 0 aromatic heterocycles. The van der Waals surface area contributed by atoms with Crippen molar-refractivity contribution in [2.45, 2.75) is 19.3 Å². The molecule has 1 aliphatic heterocycles. The number of oxime groups is 1. The van der Waals surface area contributed by atoms with Crippen LogP contribution in [0.5, 0.6) is 0 Å². The molecule has 88 valence electrons. The number of carbonyl (C=O) groups excluding carboxylic acids is 1. The summed E-state index contributed by atoms with van der Waals surface area (Å²) in [6.07, 6.45) is 4.81. The van der Waals surface area contributed by atoms with E-state index in [1.54, 1.807) is 4.90 Å². The third-order valence-corrected chi connectivity index (χ3v) is 2.51. The lowest BCUT2D eigenvalue weighted by Gasteiger charge is -2.23. The number of hydrogen-bond acceptors (Lipinski definition) is 3. The number of hydrogen-bond donors (Lipinski definition) is 3. The summed E-state index contributed by atoms with van der Waals surface area (Å²) >= 11 is 0. The Morgan fingerprint density at radius 2 is 2.07 bits per heavy atom.